The molecule has 1 aliphatic rings. The summed E-state index contributed by atoms with van der Waals surface area (Å²) < 4.78 is 0. The normalized spacial score (nSPS) is 24.4. The third-order valence-corrected chi connectivity index (χ3v) is 4.79. The minimum atomic E-state index is -0.251. The van der Waals surface area contributed by atoms with Crippen LogP contribution in [0.3, 0.4) is 0 Å². The molecule has 20 heavy (non-hydrogen) atoms. The van der Waals surface area contributed by atoms with Crippen molar-refractivity contribution in [3.63, 3.8) is 0 Å². The van der Waals surface area contributed by atoms with Crippen LogP contribution in [-0.4, -0.2) is 24.5 Å². The molecule has 1 aromatic rings. The lowest BCUT2D eigenvalue weighted by Crippen LogP contribution is -2.45. The minimum Gasteiger partial charge on any atom is -0.321 e. The average molecular weight is 274 g/mol. The number of benzene rings is 1. The highest BCUT2D eigenvalue weighted by molar-refractivity contribution is 5.23. The topological polar surface area (TPSA) is 29.3 Å². The Bertz CT molecular complexity index is 397. The van der Waals surface area contributed by atoms with Gasteiger partial charge in [-0.05, 0) is 56.7 Å². The van der Waals surface area contributed by atoms with E-state index in [2.05, 4.69) is 56.0 Å². The van der Waals surface area contributed by atoms with E-state index in [1.165, 1.54) is 37.9 Å². The van der Waals surface area contributed by atoms with Crippen LogP contribution in [0.15, 0.2) is 30.3 Å². The van der Waals surface area contributed by atoms with Gasteiger partial charge in [0.2, 0.25) is 0 Å². The molecule has 0 aromatic heterocycles. The van der Waals surface area contributed by atoms with Crippen LogP contribution in [0.2, 0.25) is 0 Å². The van der Waals surface area contributed by atoms with Crippen LogP contribution in [0, 0.1) is 11.8 Å². The monoisotopic (exact) mass is 274 g/mol. The van der Waals surface area contributed by atoms with E-state index in [0.29, 0.717) is 0 Å². The number of likely N-dealkylation sites (tertiary alicyclic amines) is 1. The molecule has 0 radical (unpaired) electrons. The molecular formula is C18H30N2. The summed E-state index contributed by atoms with van der Waals surface area (Å²) in [6, 6.07) is 10.5. The van der Waals surface area contributed by atoms with E-state index in [4.69, 9.17) is 5.73 Å². The van der Waals surface area contributed by atoms with Crippen molar-refractivity contribution >= 4 is 0 Å². The highest BCUT2D eigenvalue weighted by Crippen LogP contribution is 2.26. The molecule has 2 N–H and O–H groups in total. The Hall–Kier alpha value is -0.860. The molecule has 1 aromatic carbocycles. The summed E-state index contributed by atoms with van der Waals surface area (Å²) in [5.74, 6) is 1.70. The Morgan fingerprint density at radius 1 is 1.20 bits per heavy atom. The summed E-state index contributed by atoms with van der Waals surface area (Å²) in [5.41, 5.74) is 7.56. The second kappa shape index (κ2) is 6.73. The Labute approximate surface area is 124 Å². The van der Waals surface area contributed by atoms with Crippen molar-refractivity contribution in [2.45, 2.75) is 45.6 Å². The summed E-state index contributed by atoms with van der Waals surface area (Å²) in [4.78, 5) is 2.56. The van der Waals surface area contributed by atoms with Gasteiger partial charge in [-0.1, -0.05) is 44.2 Å². The van der Waals surface area contributed by atoms with Gasteiger partial charge in [0.1, 0.15) is 0 Å². The number of rotatable bonds is 4. The van der Waals surface area contributed by atoms with Crippen LogP contribution >= 0.6 is 0 Å². The van der Waals surface area contributed by atoms with Crippen molar-refractivity contribution in [1.29, 1.82) is 0 Å². The predicted octanol–water partition coefficient (Wildman–Crippen LogP) is 3.62. The van der Waals surface area contributed by atoms with E-state index in [1.807, 2.05) is 0 Å². The second-order valence-electron chi connectivity index (χ2n) is 6.99. The summed E-state index contributed by atoms with van der Waals surface area (Å²) in [6.07, 6.45) is 4.01. The standard InChI is InChI=1S/C18H30N2/c1-15(2)16-8-7-12-20(13-11-16)14-18(3,19)17-9-5-4-6-10-17/h4-6,9-10,15-16H,7-8,11-14,19H2,1-3H3. The lowest BCUT2D eigenvalue weighted by Gasteiger charge is -2.32. The van der Waals surface area contributed by atoms with E-state index in [9.17, 15) is 0 Å². The zero-order valence-electron chi connectivity index (χ0n) is 13.3. The Morgan fingerprint density at radius 3 is 2.55 bits per heavy atom. The number of hydrogen-bond acceptors (Lipinski definition) is 2. The molecule has 1 saturated heterocycles. The fourth-order valence-corrected chi connectivity index (χ4v) is 3.38. The molecule has 1 aliphatic heterocycles. The first-order valence-electron chi connectivity index (χ1n) is 8.06. The van der Waals surface area contributed by atoms with Gasteiger partial charge < -0.3 is 10.6 Å². The van der Waals surface area contributed by atoms with Crippen LogP contribution in [-0.2, 0) is 5.54 Å². The first-order chi connectivity index (χ1) is 9.49. The lowest BCUT2D eigenvalue weighted by molar-refractivity contribution is 0.219. The average Bonchev–Trinajstić information content (AvgIpc) is 2.65. The molecule has 1 fully saturated rings. The fraction of sp³-hybridized carbons (Fsp3) is 0.667. The van der Waals surface area contributed by atoms with Crippen LogP contribution in [0.4, 0.5) is 0 Å². The molecule has 0 saturated carbocycles. The van der Waals surface area contributed by atoms with E-state index in [-0.39, 0.29) is 5.54 Å². The number of nitrogens with zero attached hydrogens (tertiary/aromatic N) is 1. The van der Waals surface area contributed by atoms with Gasteiger partial charge in [0.15, 0.2) is 0 Å². The van der Waals surface area contributed by atoms with Crippen LogP contribution in [0.25, 0.3) is 0 Å². The molecule has 2 unspecified atom stereocenters. The van der Waals surface area contributed by atoms with Crippen LogP contribution in [0.1, 0.15) is 45.6 Å². The molecule has 0 aliphatic carbocycles. The zero-order chi connectivity index (χ0) is 14.6. The van der Waals surface area contributed by atoms with Crippen LogP contribution < -0.4 is 5.73 Å². The maximum absolute atomic E-state index is 6.57. The largest absolute Gasteiger partial charge is 0.321 e. The molecule has 1 heterocycles. The van der Waals surface area contributed by atoms with Crippen molar-refractivity contribution < 1.29 is 0 Å². The van der Waals surface area contributed by atoms with Gasteiger partial charge in [-0.15, -0.1) is 0 Å². The Kier molecular flexibility index (Phi) is 5.22. The molecule has 112 valence electrons. The van der Waals surface area contributed by atoms with Crippen molar-refractivity contribution in [2.24, 2.45) is 17.6 Å². The van der Waals surface area contributed by atoms with Crippen LogP contribution in [0.5, 0.6) is 0 Å². The third kappa shape index (κ3) is 4.07. The maximum atomic E-state index is 6.57. The first kappa shape index (κ1) is 15.5. The van der Waals surface area contributed by atoms with Gasteiger partial charge in [-0.2, -0.15) is 0 Å². The fourth-order valence-electron chi connectivity index (χ4n) is 3.38. The highest BCUT2D eigenvalue weighted by Gasteiger charge is 2.26. The molecule has 0 bridgehead atoms. The summed E-state index contributed by atoms with van der Waals surface area (Å²) in [5, 5.41) is 0. The predicted molar refractivity (Wildman–Crippen MR) is 86.6 cm³/mol. The summed E-state index contributed by atoms with van der Waals surface area (Å²) >= 11 is 0. The van der Waals surface area contributed by atoms with Gasteiger partial charge in [-0.3, -0.25) is 0 Å². The van der Waals surface area contributed by atoms with Gasteiger partial charge >= 0.3 is 0 Å². The number of hydrogen-bond donors (Lipinski definition) is 1. The van der Waals surface area contributed by atoms with Gasteiger partial charge in [0, 0.05) is 6.54 Å². The third-order valence-electron chi connectivity index (χ3n) is 4.79. The van der Waals surface area contributed by atoms with Crippen molar-refractivity contribution in [2.75, 3.05) is 19.6 Å². The maximum Gasteiger partial charge on any atom is 0.0509 e. The Balaban J connectivity index is 1.96. The summed E-state index contributed by atoms with van der Waals surface area (Å²) in [6.45, 7) is 10.2. The van der Waals surface area contributed by atoms with E-state index in [1.54, 1.807) is 0 Å². The lowest BCUT2D eigenvalue weighted by atomic mass is 9.89. The minimum absolute atomic E-state index is 0.251. The molecule has 2 atom stereocenters. The van der Waals surface area contributed by atoms with E-state index in [0.717, 1.165) is 18.4 Å². The SMILES string of the molecule is CC(C)C1CCCN(CC(C)(N)c2ccccc2)CC1. The molecule has 2 heteroatoms. The Morgan fingerprint density at radius 2 is 1.90 bits per heavy atom. The molecule has 2 nitrogen and oxygen atoms in total. The summed E-state index contributed by atoms with van der Waals surface area (Å²) in [7, 11) is 0. The quantitative estimate of drug-likeness (QED) is 0.908. The van der Waals surface area contributed by atoms with Crippen molar-refractivity contribution in [3.8, 4) is 0 Å². The molecule has 0 spiro atoms. The molecular weight excluding hydrogens is 244 g/mol. The molecule has 2 rings (SSSR count). The second-order valence-corrected chi connectivity index (χ2v) is 6.99. The van der Waals surface area contributed by atoms with Gasteiger partial charge in [0.05, 0.1) is 5.54 Å². The van der Waals surface area contributed by atoms with Gasteiger partial charge in [-0.25, -0.2) is 0 Å². The highest BCUT2D eigenvalue weighted by atomic mass is 15.1. The number of nitrogens with two attached hydrogens (primary N) is 1. The first-order valence-corrected chi connectivity index (χ1v) is 8.06. The zero-order valence-corrected chi connectivity index (χ0v) is 13.3. The van der Waals surface area contributed by atoms with Gasteiger partial charge in [0.25, 0.3) is 0 Å². The van der Waals surface area contributed by atoms with Crippen molar-refractivity contribution in [3.05, 3.63) is 35.9 Å². The smallest absolute Gasteiger partial charge is 0.0509 e. The van der Waals surface area contributed by atoms with Crippen molar-refractivity contribution in [1.82, 2.24) is 4.90 Å². The molecule has 0 amide bonds. The van der Waals surface area contributed by atoms with E-state index >= 15 is 0 Å². The van der Waals surface area contributed by atoms with E-state index < -0.39 is 0 Å².